The van der Waals surface area contributed by atoms with Gasteiger partial charge in [-0.15, -0.1) is 11.3 Å². The first-order chi connectivity index (χ1) is 10.3. The Morgan fingerprint density at radius 1 is 1.32 bits per heavy atom. The number of pyridine rings is 1. The predicted molar refractivity (Wildman–Crippen MR) is 79.0 cm³/mol. The molecule has 0 aliphatic heterocycles. The van der Waals surface area contributed by atoms with Crippen molar-refractivity contribution in [3.8, 4) is 0 Å². The Morgan fingerprint density at radius 2 is 2.05 bits per heavy atom. The SMILES string of the molecule is CCN(Cc1ccc(Cl)s1)C(=O)c1ccc(C(F)(F)F)nc1. The summed E-state index contributed by atoms with van der Waals surface area (Å²) in [5, 5.41) is 0. The molecule has 2 aromatic heterocycles. The molecule has 0 radical (unpaired) electrons. The molecular weight excluding hydrogens is 337 g/mol. The van der Waals surface area contributed by atoms with Crippen molar-refractivity contribution < 1.29 is 18.0 Å². The number of hydrogen-bond donors (Lipinski definition) is 0. The molecule has 0 saturated carbocycles. The highest BCUT2D eigenvalue weighted by molar-refractivity contribution is 7.16. The van der Waals surface area contributed by atoms with Crippen molar-refractivity contribution in [1.82, 2.24) is 9.88 Å². The van der Waals surface area contributed by atoms with Crippen LogP contribution in [0, 0.1) is 0 Å². The van der Waals surface area contributed by atoms with Crippen LogP contribution in [0.5, 0.6) is 0 Å². The Morgan fingerprint density at radius 3 is 2.50 bits per heavy atom. The van der Waals surface area contributed by atoms with Gasteiger partial charge >= 0.3 is 6.18 Å². The van der Waals surface area contributed by atoms with E-state index in [0.717, 1.165) is 23.2 Å². The molecule has 2 heterocycles. The van der Waals surface area contributed by atoms with Crippen LogP contribution in [0.15, 0.2) is 30.5 Å². The highest BCUT2D eigenvalue weighted by Crippen LogP contribution is 2.27. The summed E-state index contributed by atoms with van der Waals surface area (Å²) < 4.78 is 38.0. The van der Waals surface area contributed by atoms with E-state index >= 15 is 0 Å². The normalized spacial score (nSPS) is 11.5. The van der Waals surface area contributed by atoms with Crippen LogP contribution in [0.2, 0.25) is 4.34 Å². The van der Waals surface area contributed by atoms with E-state index in [2.05, 4.69) is 4.98 Å². The molecule has 22 heavy (non-hydrogen) atoms. The standard InChI is InChI=1S/C14H12ClF3N2OS/c1-2-20(8-10-4-6-12(15)22-10)13(21)9-3-5-11(19-7-9)14(16,17)18/h3-7H,2,8H2,1H3. The number of hydrogen-bond acceptors (Lipinski definition) is 3. The lowest BCUT2D eigenvalue weighted by molar-refractivity contribution is -0.141. The summed E-state index contributed by atoms with van der Waals surface area (Å²) in [5.41, 5.74) is -0.894. The fourth-order valence-electron chi connectivity index (χ4n) is 1.82. The molecule has 0 aliphatic carbocycles. The molecule has 8 heteroatoms. The quantitative estimate of drug-likeness (QED) is 0.816. The molecule has 2 aromatic rings. The van der Waals surface area contributed by atoms with Gasteiger partial charge in [0.2, 0.25) is 0 Å². The Bertz CT molecular complexity index is 655. The zero-order valence-electron chi connectivity index (χ0n) is 11.5. The number of carbonyl (C=O) groups is 1. The molecule has 0 unspecified atom stereocenters. The maximum atomic E-state index is 12.5. The van der Waals surface area contributed by atoms with Crippen molar-refractivity contribution in [2.75, 3.05) is 6.54 Å². The maximum absolute atomic E-state index is 12.5. The van der Waals surface area contributed by atoms with Gasteiger partial charge in [-0.1, -0.05) is 11.6 Å². The van der Waals surface area contributed by atoms with Crippen LogP contribution >= 0.6 is 22.9 Å². The highest BCUT2D eigenvalue weighted by atomic mass is 35.5. The molecule has 118 valence electrons. The summed E-state index contributed by atoms with van der Waals surface area (Å²) >= 11 is 7.20. The van der Waals surface area contributed by atoms with E-state index in [1.807, 2.05) is 6.07 Å². The Kier molecular flexibility index (Phi) is 5.08. The molecule has 0 fully saturated rings. The number of halogens is 4. The van der Waals surface area contributed by atoms with Crippen LogP contribution in [-0.2, 0) is 12.7 Å². The number of aromatic nitrogens is 1. The van der Waals surface area contributed by atoms with E-state index in [9.17, 15) is 18.0 Å². The van der Waals surface area contributed by atoms with Crippen LogP contribution in [0.4, 0.5) is 13.2 Å². The third kappa shape index (κ3) is 3.98. The molecular formula is C14H12ClF3N2OS. The molecule has 3 nitrogen and oxygen atoms in total. The van der Waals surface area contributed by atoms with E-state index in [1.165, 1.54) is 16.2 Å². The number of amides is 1. The van der Waals surface area contributed by atoms with Gasteiger partial charge in [0, 0.05) is 17.6 Å². The predicted octanol–water partition coefficient (Wildman–Crippen LogP) is 4.48. The maximum Gasteiger partial charge on any atom is 0.433 e. The molecule has 0 aromatic carbocycles. The molecule has 0 spiro atoms. The summed E-state index contributed by atoms with van der Waals surface area (Å²) in [7, 11) is 0. The molecule has 0 bridgehead atoms. The summed E-state index contributed by atoms with van der Waals surface area (Å²) in [4.78, 5) is 18.1. The lowest BCUT2D eigenvalue weighted by atomic mass is 10.2. The first-order valence-corrected chi connectivity index (χ1v) is 7.57. The zero-order chi connectivity index (χ0) is 16.3. The van der Waals surface area contributed by atoms with Crippen molar-refractivity contribution in [3.63, 3.8) is 0 Å². The van der Waals surface area contributed by atoms with Gasteiger partial charge in [-0.25, -0.2) is 0 Å². The summed E-state index contributed by atoms with van der Waals surface area (Å²) in [6.07, 6.45) is -3.56. The largest absolute Gasteiger partial charge is 0.433 e. The second-order valence-electron chi connectivity index (χ2n) is 4.46. The van der Waals surface area contributed by atoms with Crippen LogP contribution in [0.25, 0.3) is 0 Å². The van der Waals surface area contributed by atoms with Crippen molar-refractivity contribution >= 4 is 28.8 Å². The van der Waals surface area contributed by atoms with Gasteiger partial charge in [-0.05, 0) is 31.2 Å². The second-order valence-corrected chi connectivity index (χ2v) is 6.25. The van der Waals surface area contributed by atoms with Crippen LogP contribution in [-0.4, -0.2) is 22.3 Å². The number of thiophene rings is 1. The van der Waals surface area contributed by atoms with Crippen LogP contribution in [0.3, 0.4) is 0 Å². The number of alkyl halides is 3. The minimum atomic E-state index is -4.51. The van der Waals surface area contributed by atoms with Gasteiger partial charge in [0.05, 0.1) is 16.4 Å². The fourth-order valence-corrected chi connectivity index (χ4v) is 2.93. The van der Waals surface area contributed by atoms with Gasteiger partial charge in [0.25, 0.3) is 5.91 Å². The van der Waals surface area contributed by atoms with Crippen molar-refractivity contribution in [2.24, 2.45) is 0 Å². The smallest absolute Gasteiger partial charge is 0.334 e. The van der Waals surface area contributed by atoms with Gasteiger partial charge in [0.15, 0.2) is 0 Å². The van der Waals surface area contributed by atoms with Crippen molar-refractivity contribution in [1.29, 1.82) is 0 Å². The Labute approximate surface area is 134 Å². The van der Waals surface area contributed by atoms with E-state index in [-0.39, 0.29) is 11.5 Å². The molecule has 0 N–H and O–H groups in total. The third-order valence-electron chi connectivity index (χ3n) is 2.95. The van der Waals surface area contributed by atoms with E-state index in [1.54, 1.807) is 13.0 Å². The lowest BCUT2D eigenvalue weighted by Crippen LogP contribution is -2.30. The summed E-state index contributed by atoms with van der Waals surface area (Å²) in [6, 6.07) is 5.50. The van der Waals surface area contributed by atoms with E-state index in [0.29, 0.717) is 17.4 Å². The van der Waals surface area contributed by atoms with E-state index < -0.39 is 11.9 Å². The fraction of sp³-hybridized carbons (Fsp3) is 0.286. The topological polar surface area (TPSA) is 33.2 Å². The number of rotatable bonds is 4. The minimum Gasteiger partial charge on any atom is -0.334 e. The van der Waals surface area contributed by atoms with Gasteiger partial charge < -0.3 is 4.90 Å². The monoisotopic (exact) mass is 348 g/mol. The van der Waals surface area contributed by atoms with Crippen LogP contribution in [0.1, 0.15) is 27.9 Å². The number of nitrogens with zero attached hydrogens (tertiary/aromatic N) is 2. The summed E-state index contributed by atoms with van der Waals surface area (Å²) in [6.45, 7) is 2.58. The first kappa shape index (κ1) is 16.8. The van der Waals surface area contributed by atoms with Gasteiger partial charge in [0.1, 0.15) is 5.69 Å². The zero-order valence-corrected chi connectivity index (χ0v) is 13.1. The Hall–Kier alpha value is -1.60. The lowest BCUT2D eigenvalue weighted by Gasteiger charge is -2.20. The molecule has 2 rings (SSSR count). The molecule has 0 atom stereocenters. The second kappa shape index (κ2) is 6.66. The first-order valence-electron chi connectivity index (χ1n) is 6.38. The van der Waals surface area contributed by atoms with Gasteiger partial charge in [-0.3, -0.25) is 9.78 Å². The van der Waals surface area contributed by atoms with Crippen molar-refractivity contribution in [2.45, 2.75) is 19.6 Å². The van der Waals surface area contributed by atoms with Crippen molar-refractivity contribution in [3.05, 3.63) is 50.9 Å². The average molecular weight is 349 g/mol. The molecule has 0 saturated heterocycles. The summed E-state index contributed by atoms with van der Waals surface area (Å²) in [5.74, 6) is -0.367. The van der Waals surface area contributed by atoms with Gasteiger partial charge in [-0.2, -0.15) is 13.2 Å². The molecule has 1 amide bonds. The average Bonchev–Trinajstić information content (AvgIpc) is 2.88. The molecule has 0 aliphatic rings. The third-order valence-corrected chi connectivity index (χ3v) is 4.16. The minimum absolute atomic E-state index is 0.123. The highest BCUT2D eigenvalue weighted by Gasteiger charge is 2.32. The van der Waals surface area contributed by atoms with E-state index in [4.69, 9.17) is 11.6 Å². The van der Waals surface area contributed by atoms with Crippen LogP contribution < -0.4 is 0 Å². The number of carbonyl (C=O) groups excluding carboxylic acids is 1. The Balaban J connectivity index is 2.14.